The van der Waals surface area contributed by atoms with E-state index in [0.29, 0.717) is 6.04 Å². The van der Waals surface area contributed by atoms with Crippen molar-refractivity contribution in [2.75, 3.05) is 20.6 Å². The third-order valence-corrected chi connectivity index (χ3v) is 4.04. The van der Waals surface area contributed by atoms with E-state index in [1.165, 1.54) is 11.1 Å². The quantitative estimate of drug-likeness (QED) is 0.725. The molecule has 0 unspecified atom stereocenters. The van der Waals surface area contributed by atoms with E-state index in [2.05, 4.69) is 83.9 Å². The Morgan fingerprint density at radius 3 is 2.42 bits per heavy atom. The average Bonchev–Trinajstić information content (AvgIpc) is 3.14. The third-order valence-electron chi connectivity index (χ3n) is 4.04. The molecule has 1 atom stereocenters. The summed E-state index contributed by atoms with van der Waals surface area (Å²) in [6.45, 7) is 1.81. The first kappa shape index (κ1) is 16.4. The van der Waals surface area contributed by atoms with Gasteiger partial charge in [0, 0.05) is 37.2 Å². The van der Waals surface area contributed by atoms with Crippen molar-refractivity contribution in [3.63, 3.8) is 0 Å². The molecule has 0 saturated heterocycles. The van der Waals surface area contributed by atoms with Gasteiger partial charge in [-0.3, -0.25) is 0 Å². The minimum absolute atomic E-state index is 0.314. The van der Waals surface area contributed by atoms with Crippen LogP contribution < -0.4 is 5.32 Å². The lowest BCUT2D eigenvalue weighted by molar-refractivity contribution is 0.340. The Labute approximate surface area is 143 Å². The van der Waals surface area contributed by atoms with Crippen LogP contribution in [0.3, 0.4) is 0 Å². The van der Waals surface area contributed by atoms with Crippen molar-refractivity contribution in [3.8, 4) is 5.69 Å². The second-order valence-corrected chi connectivity index (χ2v) is 6.24. The number of benzene rings is 2. The van der Waals surface area contributed by atoms with E-state index in [-0.39, 0.29) is 0 Å². The van der Waals surface area contributed by atoms with Crippen LogP contribution in [0.2, 0.25) is 0 Å². The molecule has 1 aromatic heterocycles. The van der Waals surface area contributed by atoms with Crippen LogP contribution in [0.4, 0.5) is 0 Å². The number of hydrogen-bond acceptors (Lipinski definition) is 3. The molecule has 0 spiro atoms. The second kappa shape index (κ2) is 7.90. The number of rotatable bonds is 7. The van der Waals surface area contributed by atoms with Gasteiger partial charge >= 0.3 is 0 Å². The van der Waals surface area contributed by atoms with Crippen LogP contribution in [0.5, 0.6) is 0 Å². The van der Waals surface area contributed by atoms with Gasteiger partial charge in [0.15, 0.2) is 0 Å². The molecular formula is C20H24N4. The Hall–Kier alpha value is -2.43. The van der Waals surface area contributed by atoms with E-state index in [1.807, 2.05) is 17.1 Å². The molecule has 0 aliphatic rings. The van der Waals surface area contributed by atoms with Gasteiger partial charge in [0.05, 0.1) is 6.33 Å². The summed E-state index contributed by atoms with van der Waals surface area (Å²) in [5.74, 6) is 0. The van der Waals surface area contributed by atoms with E-state index in [0.717, 1.165) is 18.8 Å². The predicted molar refractivity (Wildman–Crippen MR) is 98.1 cm³/mol. The maximum Gasteiger partial charge on any atom is 0.0991 e. The molecule has 3 rings (SSSR count). The summed E-state index contributed by atoms with van der Waals surface area (Å²) in [5, 5.41) is 3.68. The standard InChI is InChI=1S/C20H24N4/c1-23(2)15-20(18-6-4-3-5-7-18)22-14-17-8-10-19(11-9-17)24-13-12-21-16-24/h3-13,16,20,22H,14-15H2,1-2H3/t20-/m0/s1. The molecule has 24 heavy (non-hydrogen) atoms. The van der Waals surface area contributed by atoms with Gasteiger partial charge in [-0.05, 0) is 37.4 Å². The van der Waals surface area contributed by atoms with Crippen LogP contribution in [0, 0.1) is 0 Å². The third kappa shape index (κ3) is 4.31. The van der Waals surface area contributed by atoms with Gasteiger partial charge in [0.2, 0.25) is 0 Å². The fourth-order valence-electron chi connectivity index (χ4n) is 2.78. The summed E-state index contributed by atoms with van der Waals surface area (Å²) in [5.41, 5.74) is 3.73. The summed E-state index contributed by atoms with van der Waals surface area (Å²) in [7, 11) is 4.22. The first-order valence-electron chi connectivity index (χ1n) is 8.23. The fourth-order valence-corrected chi connectivity index (χ4v) is 2.78. The zero-order chi connectivity index (χ0) is 16.8. The Balaban J connectivity index is 1.66. The zero-order valence-electron chi connectivity index (χ0n) is 14.3. The fraction of sp³-hybridized carbons (Fsp3) is 0.250. The van der Waals surface area contributed by atoms with Crippen LogP contribution in [0.15, 0.2) is 73.3 Å². The highest BCUT2D eigenvalue weighted by molar-refractivity contribution is 5.34. The van der Waals surface area contributed by atoms with Gasteiger partial charge < -0.3 is 14.8 Å². The molecule has 1 heterocycles. The highest BCUT2D eigenvalue weighted by Gasteiger charge is 2.11. The smallest absolute Gasteiger partial charge is 0.0991 e. The van der Waals surface area contributed by atoms with Crippen LogP contribution >= 0.6 is 0 Å². The normalized spacial score (nSPS) is 12.5. The second-order valence-electron chi connectivity index (χ2n) is 6.24. The van der Waals surface area contributed by atoms with E-state index in [4.69, 9.17) is 0 Å². The summed E-state index contributed by atoms with van der Waals surface area (Å²) in [4.78, 5) is 6.30. The SMILES string of the molecule is CN(C)C[C@H](NCc1ccc(-n2ccnc2)cc1)c1ccccc1. The number of nitrogens with zero attached hydrogens (tertiary/aromatic N) is 3. The molecule has 2 aromatic carbocycles. The number of aromatic nitrogens is 2. The van der Waals surface area contributed by atoms with E-state index >= 15 is 0 Å². The number of nitrogens with one attached hydrogen (secondary N) is 1. The van der Waals surface area contributed by atoms with Crippen LogP contribution in [0.1, 0.15) is 17.2 Å². The van der Waals surface area contributed by atoms with E-state index in [9.17, 15) is 0 Å². The highest BCUT2D eigenvalue weighted by Crippen LogP contribution is 2.15. The maximum absolute atomic E-state index is 4.09. The molecule has 0 aliphatic heterocycles. The molecule has 0 bridgehead atoms. The van der Waals surface area contributed by atoms with Gasteiger partial charge in [-0.2, -0.15) is 0 Å². The monoisotopic (exact) mass is 320 g/mol. The van der Waals surface area contributed by atoms with Crippen molar-refractivity contribution < 1.29 is 0 Å². The molecule has 1 N–H and O–H groups in total. The van der Waals surface area contributed by atoms with Crippen molar-refractivity contribution in [3.05, 3.63) is 84.4 Å². The molecule has 0 fully saturated rings. The van der Waals surface area contributed by atoms with Crippen LogP contribution in [0.25, 0.3) is 5.69 Å². The van der Waals surface area contributed by atoms with Crippen molar-refractivity contribution in [2.45, 2.75) is 12.6 Å². The van der Waals surface area contributed by atoms with Crippen molar-refractivity contribution in [1.82, 2.24) is 19.8 Å². The van der Waals surface area contributed by atoms with Crippen LogP contribution in [-0.4, -0.2) is 35.1 Å². The zero-order valence-corrected chi connectivity index (χ0v) is 14.3. The molecule has 3 aromatic rings. The predicted octanol–water partition coefficient (Wildman–Crippen LogP) is 3.26. The summed E-state index contributed by atoms with van der Waals surface area (Å²) in [6.07, 6.45) is 5.56. The van der Waals surface area contributed by atoms with E-state index in [1.54, 1.807) is 6.20 Å². The van der Waals surface area contributed by atoms with Gasteiger partial charge in [-0.1, -0.05) is 42.5 Å². The van der Waals surface area contributed by atoms with Gasteiger partial charge in [-0.15, -0.1) is 0 Å². The molecule has 0 amide bonds. The lowest BCUT2D eigenvalue weighted by Crippen LogP contribution is -2.30. The average molecular weight is 320 g/mol. The van der Waals surface area contributed by atoms with Crippen molar-refractivity contribution in [2.24, 2.45) is 0 Å². The molecule has 4 nitrogen and oxygen atoms in total. The summed E-state index contributed by atoms with van der Waals surface area (Å²) >= 11 is 0. The molecule has 124 valence electrons. The molecule has 0 aliphatic carbocycles. The lowest BCUT2D eigenvalue weighted by atomic mass is 10.1. The molecule has 0 radical (unpaired) electrons. The van der Waals surface area contributed by atoms with E-state index < -0.39 is 0 Å². The Bertz CT molecular complexity index is 718. The lowest BCUT2D eigenvalue weighted by Gasteiger charge is -2.23. The Kier molecular flexibility index (Phi) is 5.41. The topological polar surface area (TPSA) is 33.1 Å². The minimum Gasteiger partial charge on any atom is -0.308 e. The highest BCUT2D eigenvalue weighted by atomic mass is 15.1. The van der Waals surface area contributed by atoms with Gasteiger partial charge in [0.25, 0.3) is 0 Å². The van der Waals surface area contributed by atoms with Crippen molar-refractivity contribution >= 4 is 0 Å². The maximum atomic E-state index is 4.09. The molecule has 0 saturated carbocycles. The first-order chi connectivity index (χ1) is 11.7. The minimum atomic E-state index is 0.314. The summed E-state index contributed by atoms with van der Waals surface area (Å²) in [6, 6.07) is 19.5. The number of likely N-dealkylation sites (N-methyl/N-ethyl adjacent to an activating group) is 1. The summed E-state index contributed by atoms with van der Waals surface area (Å²) < 4.78 is 2.01. The Morgan fingerprint density at radius 1 is 1.04 bits per heavy atom. The first-order valence-corrected chi connectivity index (χ1v) is 8.23. The number of hydrogen-bond donors (Lipinski definition) is 1. The van der Waals surface area contributed by atoms with Gasteiger partial charge in [0.1, 0.15) is 0 Å². The molecular weight excluding hydrogens is 296 g/mol. The van der Waals surface area contributed by atoms with Crippen molar-refractivity contribution in [1.29, 1.82) is 0 Å². The molecule has 4 heteroatoms. The number of imidazole rings is 1. The Morgan fingerprint density at radius 2 is 1.79 bits per heavy atom. The van der Waals surface area contributed by atoms with Crippen LogP contribution in [-0.2, 0) is 6.54 Å². The largest absolute Gasteiger partial charge is 0.308 e. The van der Waals surface area contributed by atoms with Gasteiger partial charge in [-0.25, -0.2) is 4.98 Å².